The average Bonchev–Trinajstić information content (AvgIpc) is 2.03. The molecule has 0 bridgehead atoms. The van der Waals surface area contributed by atoms with Crippen molar-refractivity contribution in [3.8, 4) is 0 Å². The Hall–Kier alpha value is -0.480. The van der Waals surface area contributed by atoms with Crippen molar-refractivity contribution in [3.05, 3.63) is 12.7 Å². The second kappa shape index (κ2) is 4.15. The molecule has 0 heterocycles. The van der Waals surface area contributed by atoms with Crippen molar-refractivity contribution < 1.29 is 24.2 Å². The minimum atomic E-state index is -4.53. The monoisotopic (exact) mass is 210 g/mol. The van der Waals surface area contributed by atoms with Crippen LogP contribution in [0.2, 0.25) is 0 Å². The molecular formula is C7H15O5P. The van der Waals surface area contributed by atoms with E-state index in [-0.39, 0.29) is 18.9 Å². The van der Waals surface area contributed by atoms with Crippen molar-refractivity contribution in [3.63, 3.8) is 0 Å². The maximum absolute atomic E-state index is 10.5. The minimum absolute atomic E-state index is 0.142. The molecule has 0 atom stereocenters. The molecule has 5 nitrogen and oxygen atoms in total. The third kappa shape index (κ3) is 5.71. The van der Waals surface area contributed by atoms with Crippen molar-refractivity contribution in [1.82, 2.24) is 0 Å². The van der Waals surface area contributed by atoms with E-state index in [1.165, 1.54) is 6.92 Å². The average molecular weight is 210 g/mol. The van der Waals surface area contributed by atoms with Gasteiger partial charge in [0.25, 0.3) is 0 Å². The molecule has 0 aromatic heterocycles. The fourth-order valence-corrected chi connectivity index (χ4v) is 1.33. The molecule has 0 radical (unpaired) electrons. The Morgan fingerprint density at radius 3 is 2.46 bits per heavy atom. The van der Waals surface area contributed by atoms with E-state index < -0.39 is 13.3 Å². The summed E-state index contributed by atoms with van der Waals surface area (Å²) in [6, 6.07) is 0. The molecule has 0 spiro atoms. The van der Waals surface area contributed by atoms with E-state index in [9.17, 15) is 19.5 Å². The molecule has 0 saturated heterocycles. The van der Waals surface area contributed by atoms with Gasteiger partial charge in [-0.3, -0.25) is 0 Å². The molecule has 0 amide bonds. The second-order valence-electron chi connectivity index (χ2n) is 2.75. The standard InChI is InChI=1S/C7H15O5P/c1-3-7(8)12-5-6-13(9,10,11)4-2/h3,9-11H,1,4-6H2,2H3. The number of hydrogen-bond acceptors (Lipinski definition) is 5. The van der Waals surface area contributed by atoms with E-state index in [1.54, 1.807) is 0 Å². The van der Waals surface area contributed by atoms with E-state index in [1.807, 2.05) is 0 Å². The number of carbonyl (C=O) groups excluding carboxylic acids is 1. The summed E-state index contributed by atoms with van der Waals surface area (Å²) in [6.07, 6.45) is 0.492. The summed E-state index contributed by atoms with van der Waals surface area (Å²) in [5, 5.41) is 0. The zero-order valence-corrected chi connectivity index (χ0v) is 8.41. The summed E-state index contributed by atoms with van der Waals surface area (Å²) >= 11 is 0. The van der Waals surface area contributed by atoms with Gasteiger partial charge in [-0.2, -0.15) is 0 Å². The molecule has 6 heteroatoms. The first-order valence-electron chi connectivity index (χ1n) is 3.83. The molecular weight excluding hydrogens is 195 g/mol. The van der Waals surface area contributed by atoms with Gasteiger partial charge in [-0.15, -0.1) is 0 Å². The Morgan fingerprint density at radius 1 is 1.54 bits per heavy atom. The van der Waals surface area contributed by atoms with Gasteiger partial charge in [-0.25, -0.2) is 0 Å². The Bertz CT molecular complexity index is 205. The maximum atomic E-state index is 10.5. The van der Waals surface area contributed by atoms with Crippen molar-refractivity contribution in [2.45, 2.75) is 6.92 Å². The molecule has 0 fully saturated rings. The van der Waals surface area contributed by atoms with Crippen LogP contribution < -0.4 is 0 Å². The number of hydrogen-bond donors (Lipinski definition) is 3. The van der Waals surface area contributed by atoms with E-state index in [0.717, 1.165) is 6.08 Å². The molecule has 0 aliphatic carbocycles. The summed E-state index contributed by atoms with van der Waals surface area (Å²) in [6.45, 7) is 4.39. The number of ether oxygens (including phenoxy) is 1. The topological polar surface area (TPSA) is 87.0 Å². The number of rotatable bonds is 5. The van der Waals surface area contributed by atoms with Gasteiger partial charge in [-0.1, -0.05) is 0 Å². The number of carbonyl (C=O) groups is 1. The Kier molecular flexibility index (Phi) is 4.00. The third-order valence-electron chi connectivity index (χ3n) is 1.61. The molecule has 3 N–H and O–H groups in total. The zero-order chi connectivity index (χ0) is 10.6. The molecule has 78 valence electrons. The fourth-order valence-electron chi connectivity index (χ4n) is 0.550. The van der Waals surface area contributed by atoms with Crippen LogP contribution in [0.3, 0.4) is 0 Å². The molecule has 0 aromatic carbocycles. The van der Waals surface area contributed by atoms with Crippen LogP contribution in [-0.2, 0) is 9.53 Å². The van der Waals surface area contributed by atoms with Crippen LogP contribution in [-0.4, -0.2) is 39.6 Å². The summed E-state index contributed by atoms with van der Waals surface area (Å²) in [5.41, 5.74) is 0. The van der Waals surface area contributed by atoms with E-state index in [2.05, 4.69) is 11.3 Å². The molecule has 13 heavy (non-hydrogen) atoms. The fraction of sp³-hybridized carbons (Fsp3) is 0.571. The number of esters is 1. The first kappa shape index (κ1) is 12.5. The van der Waals surface area contributed by atoms with Gasteiger partial charge >= 0.3 is 76.0 Å². The van der Waals surface area contributed by atoms with Crippen molar-refractivity contribution in [2.75, 3.05) is 18.9 Å². The second-order valence-corrected chi connectivity index (χ2v) is 6.51. The van der Waals surface area contributed by atoms with Crippen LogP contribution in [0.1, 0.15) is 6.92 Å². The molecule has 0 saturated carbocycles. The Labute approximate surface area is 76.8 Å². The van der Waals surface area contributed by atoms with Crippen LogP contribution in [0.25, 0.3) is 0 Å². The zero-order valence-electron chi connectivity index (χ0n) is 7.51. The van der Waals surface area contributed by atoms with Crippen LogP contribution in [0.15, 0.2) is 12.7 Å². The molecule has 0 aliphatic rings. The van der Waals surface area contributed by atoms with Crippen LogP contribution in [0.4, 0.5) is 0 Å². The Morgan fingerprint density at radius 2 is 2.08 bits per heavy atom. The normalized spacial score (nSPS) is 14.3. The summed E-state index contributed by atoms with van der Waals surface area (Å²) in [4.78, 5) is 38.1. The molecule has 0 rings (SSSR count). The van der Waals surface area contributed by atoms with Gasteiger partial charge in [0.1, 0.15) is 0 Å². The van der Waals surface area contributed by atoms with Gasteiger partial charge in [0.05, 0.1) is 0 Å². The van der Waals surface area contributed by atoms with Gasteiger partial charge in [-0.05, 0) is 0 Å². The molecule has 0 aliphatic heterocycles. The van der Waals surface area contributed by atoms with Crippen molar-refractivity contribution in [2.24, 2.45) is 0 Å². The van der Waals surface area contributed by atoms with Crippen LogP contribution in [0.5, 0.6) is 0 Å². The summed E-state index contributed by atoms with van der Waals surface area (Å²) < 4.78 is 4.49. The SMILES string of the molecule is C=CC(=O)OCCP(O)(O)(O)CC. The van der Waals surface area contributed by atoms with E-state index in [4.69, 9.17) is 0 Å². The summed E-state index contributed by atoms with van der Waals surface area (Å²) in [5.74, 6) is -0.650. The van der Waals surface area contributed by atoms with Gasteiger partial charge in [0.15, 0.2) is 0 Å². The van der Waals surface area contributed by atoms with Gasteiger partial charge in [0.2, 0.25) is 0 Å². The first-order valence-corrected chi connectivity index (χ1v) is 6.30. The van der Waals surface area contributed by atoms with Crippen LogP contribution >= 0.6 is 7.28 Å². The predicted octanol–water partition coefficient (Wildman–Crippen LogP) is 0.0107. The van der Waals surface area contributed by atoms with Crippen LogP contribution in [0, 0.1) is 0 Å². The molecule has 0 unspecified atom stereocenters. The molecule has 0 aromatic rings. The van der Waals surface area contributed by atoms with Gasteiger partial charge in [0, 0.05) is 0 Å². The van der Waals surface area contributed by atoms with Crippen molar-refractivity contribution >= 4 is 13.3 Å². The van der Waals surface area contributed by atoms with E-state index in [0.29, 0.717) is 0 Å². The van der Waals surface area contributed by atoms with Gasteiger partial charge < -0.3 is 0 Å². The van der Waals surface area contributed by atoms with Crippen molar-refractivity contribution in [1.29, 1.82) is 0 Å². The quantitative estimate of drug-likeness (QED) is 0.338. The third-order valence-corrected chi connectivity index (χ3v) is 4.00. The van der Waals surface area contributed by atoms with E-state index >= 15 is 0 Å². The summed E-state index contributed by atoms with van der Waals surface area (Å²) in [7, 11) is -4.53. The Balaban J connectivity index is 3.89. The predicted molar refractivity (Wildman–Crippen MR) is 50.1 cm³/mol. The first-order chi connectivity index (χ1) is 5.78.